The number of hydrogen-bond acceptors (Lipinski definition) is 3. The Labute approximate surface area is 180 Å². The highest BCUT2D eigenvalue weighted by molar-refractivity contribution is 7.92. The molecule has 0 radical (unpaired) electrons. The fourth-order valence-electron chi connectivity index (χ4n) is 5.40. The summed E-state index contributed by atoms with van der Waals surface area (Å²) in [5.74, 6) is 0.988. The van der Waals surface area contributed by atoms with Crippen LogP contribution in [0.3, 0.4) is 0 Å². The van der Waals surface area contributed by atoms with Crippen molar-refractivity contribution in [1.29, 1.82) is 0 Å². The minimum absolute atomic E-state index is 0.188. The lowest BCUT2D eigenvalue weighted by molar-refractivity contribution is -0.929. The Morgan fingerprint density at radius 3 is 2.47 bits per heavy atom. The van der Waals surface area contributed by atoms with Crippen LogP contribution >= 0.6 is 0 Å². The van der Waals surface area contributed by atoms with Crippen LogP contribution in [0.15, 0.2) is 35.7 Å². The lowest BCUT2D eigenvalue weighted by atomic mass is 9.78. The molecule has 0 bridgehead atoms. The summed E-state index contributed by atoms with van der Waals surface area (Å²) in [6.45, 7) is 3.38. The molecule has 1 N–H and O–H groups in total. The highest BCUT2D eigenvalue weighted by Crippen LogP contribution is 2.28. The average Bonchev–Trinajstić information content (AvgIpc) is 2.79. The number of quaternary nitrogens is 1. The maximum atomic E-state index is 12.9. The maximum Gasteiger partial charge on any atom is 0.277 e. The fourth-order valence-corrected chi connectivity index (χ4v) is 6.57. The second kappa shape index (κ2) is 9.62. The van der Waals surface area contributed by atoms with E-state index in [4.69, 9.17) is 0 Å². The normalized spacial score (nSPS) is 28.4. The van der Waals surface area contributed by atoms with E-state index >= 15 is 0 Å². The Kier molecular flexibility index (Phi) is 6.91. The number of piperidine rings is 1. The second-order valence-electron chi connectivity index (χ2n) is 8.92. The van der Waals surface area contributed by atoms with E-state index < -0.39 is 10.0 Å². The summed E-state index contributed by atoms with van der Waals surface area (Å²) < 4.78 is 26.8. The number of piperazine rings is 1. The molecule has 6 nitrogen and oxygen atoms in total. The third kappa shape index (κ3) is 5.13. The van der Waals surface area contributed by atoms with Crippen molar-refractivity contribution in [2.24, 2.45) is 5.92 Å². The molecule has 3 atom stereocenters. The van der Waals surface area contributed by atoms with E-state index in [2.05, 4.69) is 0 Å². The smallest absolute Gasteiger partial charge is 0.277 e. The molecule has 30 heavy (non-hydrogen) atoms. The first kappa shape index (κ1) is 21.5. The van der Waals surface area contributed by atoms with Gasteiger partial charge >= 0.3 is 0 Å². The summed E-state index contributed by atoms with van der Waals surface area (Å²) in [6.07, 6.45) is 9.41. The number of nitrogens with one attached hydrogen (secondary N) is 1. The number of sulfonamides is 1. The van der Waals surface area contributed by atoms with E-state index in [1.807, 2.05) is 35.2 Å². The van der Waals surface area contributed by atoms with Crippen molar-refractivity contribution in [3.05, 3.63) is 41.3 Å². The third-order valence-corrected chi connectivity index (χ3v) is 8.63. The predicted molar refractivity (Wildman–Crippen MR) is 118 cm³/mol. The minimum Gasteiger partial charge on any atom is -0.335 e. The number of fused-ring (bicyclic) bond motifs is 1. The molecule has 0 aromatic heterocycles. The first-order chi connectivity index (χ1) is 14.5. The quantitative estimate of drug-likeness (QED) is 0.765. The number of likely N-dealkylation sites (tertiary alicyclic amines) is 1. The average molecular weight is 433 g/mol. The molecule has 1 amide bonds. The zero-order valence-electron chi connectivity index (χ0n) is 17.7. The molecule has 2 saturated heterocycles. The number of carbonyl (C=O) groups excluding carboxylic acids is 1. The van der Waals surface area contributed by atoms with Gasteiger partial charge in [-0.3, -0.25) is 4.79 Å². The summed E-state index contributed by atoms with van der Waals surface area (Å²) in [5, 5.41) is 1.28. The lowest BCUT2D eigenvalue weighted by Crippen LogP contribution is -3.18. The number of amides is 1. The number of nitrogens with zero attached hydrogens (tertiary/aromatic N) is 2. The van der Waals surface area contributed by atoms with Crippen molar-refractivity contribution >= 4 is 22.0 Å². The molecule has 0 spiro atoms. The van der Waals surface area contributed by atoms with E-state index in [-0.39, 0.29) is 5.91 Å². The summed E-state index contributed by atoms with van der Waals surface area (Å²) >= 11 is 0. The molecular weight excluding hydrogens is 398 g/mol. The van der Waals surface area contributed by atoms with Gasteiger partial charge in [-0.25, -0.2) is 8.42 Å². The summed E-state index contributed by atoms with van der Waals surface area (Å²) in [4.78, 5) is 16.3. The van der Waals surface area contributed by atoms with Crippen molar-refractivity contribution in [3.8, 4) is 0 Å². The zero-order valence-corrected chi connectivity index (χ0v) is 18.5. The summed E-state index contributed by atoms with van der Waals surface area (Å²) in [5.41, 5.74) is 0.861. The van der Waals surface area contributed by atoms with Gasteiger partial charge < -0.3 is 9.80 Å². The van der Waals surface area contributed by atoms with E-state index in [1.54, 1.807) is 6.08 Å². The first-order valence-corrected chi connectivity index (χ1v) is 12.9. The maximum absolute atomic E-state index is 12.9. The lowest BCUT2D eigenvalue weighted by Gasteiger charge is -2.42. The predicted octanol–water partition coefficient (Wildman–Crippen LogP) is 1.37. The van der Waals surface area contributed by atoms with E-state index in [9.17, 15) is 13.2 Å². The zero-order chi connectivity index (χ0) is 21.0. The van der Waals surface area contributed by atoms with Crippen molar-refractivity contribution in [3.63, 3.8) is 0 Å². The summed E-state index contributed by atoms with van der Waals surface area (Å²) in [7, 11) is -3.46. The van der Waals surface area contributed by atoms with Crippen LogP contribution in [0.5, 0.6) is 0 Å². The van der Waals surface area contributed by atoms with Crippen LogP contribution in [-0.4, -0.2) is 68.8 Å². The third-order valence-electron chi connectivity index (χ3n) is 7.07. The Morgan fingerprint density at radius 1 is 1.00 bits per heavy atom. The molecule has 4 rings (SSSR count). The van der Waals surface area contributed by atoms with Gasteiger partial charge in [-0.1, -0.05) is 36.8 Å². The van der Waals surface area contributed by atoms with Crippen LogP contribution in [-0.2, 0) is 14.8 Å². The molecule has 1 unspecified atom stereocenters. The minimum atomic E-state index is -3.46. The number of hydrogen-bond donors (Lipinski definition) is 1. The van der Waals surface area contributed by atoms with E-state index in [0.29, 0.717) is 38.8 Å². The molecular formula is C23H34N3O3S+. The standard InChI is InChI=1S/C23H33N3O3S/c27-23(19-25-13-6-10-21-9-4-5-11-22(21)25)24-14-16-26(17-15-24)30(28,29)18-12-20-7-2-1-3-8-20/h1-3,7-8,12,18,21-22H,4-6,9-11,13-17,19H2/p+1/b18-12+/t21-,22+/m1/s1. The molecule has 1 aromatic rings. The molecule has 2 aliphatic heterocycles. The van der Waals surface area contributed by atoms with Gasteiger partial charge in [0, 0.05) is 37.5 Å². The van der Waals surface area contributed by atoms with Gasteiger partial charge in [-0.2, -0.15) is 4.31 Å². The molecule has 1 saturated carbocycles. The van der Waals surface area contributed by atoms with Crippen LogP contribution in [0, 0.1) is 5.92 Å². The van der Waals surface area contributed by atoms with E-state index in [0.717, 1.165) is 18.0 Å². The van der Waals surface area contributed by atoms with Crippen molar-refractivity contribution in [2.75, 3.05) is 39.3 Å². The molecule has 7 heteroatoms. The Morgan fingerprint density at radius 2 is 1.70 bits per heavy atom. The Balaban J connectivity index is 1.29. The highest BCUT2D eigenvalue weighted by atomic mass is 32.2. The topological polar surface area (TPSA) is 62.1 Å². The molecule has 3 fully saturated rings. The fraction of sp³-hybridized carbons (Fsp3) is 0.609. The summed E-state index contributed by atoms with van der Waals surface area (Å²) in [6, 6.07) is 10.1. The molecule has 2 heterocycles. The monoisotopic (exact) mass is 432 g/mol. The van der Waals surface area contributed by atoms with Crippen LogP contribution in [0.2, 0.25) is 0 Å². The molecule has 3 aliphatic rings. The van der Waals surface area contributed by atoms with Gasteiger partial charge in [0.2, 0.25) is 10.0 Å². The largest absolute Gasteiger partial charge is 0.335 e. The van der Waals surface area contributed by atoms with E-state index in [1.165, 1.54) is 53.1 Å². The molecule has 1 aliphatic carbocycles. The van der Waals surface area contributed by atoms with Gasteiger partial charge in [0.15, 0.2) is 6.54 Å². The van der Waals surface area contributed by atoms with Gasteiger partial charge in [-0.15, -0.1) is 0 Å². The SMILES string of the molecule is O=C(C[NH+]1CCC[C@H]2CCCC[C@@H]21)N1CCN(S(=O)(=O)/C=C/c2ccccc2)CC1. The van der Waals surface area contributed by atoms with Crippen molar-refractivity contribution in [1.82, 2.24) is 9.21 Å². The van der Waals surface area contributed by atoms with Gasteiger partial charge in [0.1, 0.15) is 0 Å². The Bertz CT molecular complexity index is 846. The number of carbonyl (C=O) groups is 1. The van der Waals surface area contributed by atoms with Crippen molar-refractivity contribution < 1.29 is 18.1 Å². The second-order valence-corrected chi connectivity index (χ2v) is 10.7. The van der Waals surface area contributed by atoms with Crippen LogP contribution in [0.25, 0.3) is 6.08 Å². The molecule has 164 valence electrons. The molecule has 1 aromatic carbocycles. The highest BCUT2D eigenvalue weighted by Gasteiger charge is 2.38. The van der Waals surface area contributed by atoms with Gasteiger partial charge in [-0.05, 0) is 43.7 Å². The van der Waals surface area contributed by atoms with Gasteiger partial charge in [0.25, 0.3) is 5.91 Å². The van der Waals surface area contributed by atoms with Crippen molar-refractivity contribution in [2.45, 2.75) is 44.6 Å². The van der Waals surface area contributed by atoms with Crippen LogP contribution < -0.4 is 4.90 Å². The number of rotatable bonds is 5. The Hall–Kier alpha value is -1.70. The number of benzene rings is 1. The van der Waals surface area contributed by atoms with Crippen LogP contribution in [0.4, 0.5) is 0 Å². The van der Waals surface area contributed by atoms with Crippen LogP contribution in [0.1, 0.15) is 44.1 Å². The van der Waals surface area contributed by atoms with Gasteiger partial charge in [0.05, 0.1) is 12.6 Å². The first-order valence-electron chi connectivity index (χ1n) is 11.4.